The van der Waals surface area contributed by atoms with Crippen LogP contribution in [0.2, 0.25) is 0 Å². The van der Waals surface area contributed by atoms with E-state index >= 15 is 0 Å². The highest BCUT2D eigenvalue weighted by atomic mass is 16.2. The summed E-state index contributed by atoms with van der Waals surface area (Å²) in [5.41, 5.74) is 1.82. The molecule has 78 valence electrons. The van der Waals surface area contributed by atoms with Gasteiger partial charge in [-0.15, -0.1) is 0 Å². The van der Waals surface area contributed by atoms with Gasteiger partial charge in [-0.2, -0.15) is 0 Å². The first-order valence-electron chi connectivity index (χ1n) is 5.05. The summed E-state index contributed by atoms with van der Waals surface area (Å²) in [4.78, 5) is 23.9. The fourth-order valence-electron chi connectivity index (χ4n) is 2.10. The van der Waals surface area contributed by atoms with E-state index in [1.807, 2.05) is 24.3 Å². The molecule has 1 amide bonds. The molecular weight excluding hydrogens is 190 g/mol. The molecular formula is C12H13NO2. The van der Waals surface area contributed by atoms with E-state index in [4.69, 9.17) is 0 Å². The van der Waals surface area contributed by atoms with Crippen LogP contribution in [0, 0.1) is 0 Å². The molecule has 2 rings (SSSR count). The molecule has 0 bridgehead atoms. The smallest absolute Gasteiger partial charge is 0.254 e. The van der Waals surface area contributed by atoms with Gasteiger partial charge in [-0.3, -0.25) is 4.79 Å². The number of carbonyl (C=O) groups excluding carboxylic acids is 2. The van der Waals surface area contributed by atoms with Crippen molar-refractivity contribution in [2.45, 2.75) is 18.9 Å². The molecule has 0 saturated carbocycles. The van der Waals surface area contributed by atoms with Crippen LogP contribution in [0.5, 0.6) is 0 Å². The number of rotatable bonds is 3. The lowest BCUT2D eigenvalue weighted by Crippen LogP contribution is -2.23. The Balaban J connectivity index is 2.33. The third-order valence-corrected chi connectivity index (χ3v) is 2.90. The maximum atomic E-state index is 11.8. The first kappa shape index (κ1) is 9.90. The first-order valence-corrected chi connectivity index (χ1v) is 5.05. The Morgan fingerprint density at radius 1 is 1.40 bits per heavy atom. The largest absolute Gasteiger partial charge is 0.335 e. The molecule has 0 unspecified atom stereocenters. The van der Waals surface area contributed by atoms with Crippen LogP contribution < -0.4 is 0 Å². The van der Waals surface area contributed by atoms with E-state index in [0.29, 0.717) is 12.8 Å². The molecule has 1 aromatic carbocycles. The molecule has 0 spiro atoms. The van der Waals surface area contributed by atoms with Crippen LogP contribution in [0.15, 0.2) is 24.3 Å². The van der Waals surface area contributed by atoms with E-state index in [2.05, 4.69) is 0 Å². The SMILES string of the molecule is CN1C(=O)c2ccccc2[C@H]1CCC=O. The third-order valence-electron chi connectivity index (χ3n) is 2.90. The zero-order valence-electron chi connectivity index (χ0n) is 8.64. The van der Waals surface area contributed by atoms with Gasteiger partial charge < -0.3 is 9.69 Å². The average Bonchev–Trinajstić information content (AvgIpc) is 2.51. The van der Waals surface area contributed by atoms with Gasteiger partial charge in [-0.05, 0) is 18.1 Å². The van der Waals surface area contributed by atoms with Crippen molar-refractivity contribution in [3.8, 4) is 0 Å². The minimum Gasteiger partial charge on any atom is -0.335 e. The average molecular weight is 203 g/mol. The molecule has 3 nitrogen and oxygen atoms in total. The molecule has 0 aliphatic carbocycles. The summed E-state index contributed by atoms with van der Waals surface area (Å²) in [5.74, 6) is 0.0569. The Kier molecular flexibility index (Phi) is 2.54. The Bertz CT molecular complexity index is 400. The second-order valence-electron chi connectivity index (χ2n) is 3.76. The number of hydrogen-bond donors (Lipinski definition) is 0. The van der Waals surface area contributed by atoms with Crippen LogP contribution >= 0.6 is 0 Å². The molecule has 0 radical (unpaired) electrons. The summed E-state index contributed by atoms with van der Waals surface area (Å²) in [7, 11) is 1.79. The Morgan fingerprint density at radius 2 is 2.13 bits per heavy atom. The Morgan fingerprint density at radius 3 is 2.87 bits per heavy atom. The number of amides is 1. The molecule has 1 aliphatic heterocycles. The normalized spacial score (nSPS) is 19.1. The van der Waals surface area contributed by atoms with Crippen molar-refractivity contribution in [3.63, 3.8) is 0 Å². The monoisotopic (exact) mass is 203 g/mol. The Hall–Kier alpha value is -1.64. The number of fused-ring (bicyclic) bond motifs is 1. The second kappa shape index (κ2) is 3.85. The van der Waals surface area contributed by atoms with E-state index in [9.17, 15) is 9.59 Å². The van der Waals surface area contributed by atoms with Gasteiger partial charge in [0.05, 0.1) is 6.04 Å². The number of carbonyl (C=O) groups is 2. The highest BCUT2D eigenvalue weighted by molar-refractivity contribution is 5.98. The van der Waals surface area contributed by atoms with Crippen molar-refractivity contribution < 1.29 is 9.59 Å². The van der Waals surface area contributed by atoms with Crippen molar-refractivity contribution >= 4 is 12.2 Å². The zero-order valence-corrected chi connectivity index (χ0v) is 8.64. The summed E-state index contributed by atoms with van der Waals surface area (Å²) < 4.78 is 0. The summed E-state index contributed by atoms with van der Waals surface area (Å²) in [5, 5.41) is 0. The summed E-state index contributed by atoms with van der Waals surface area (Å²) >= 11 is 0. The number of benzene rings is 1. The summed E-state index contributed by atoms with van der Waals surface area (Å²) in [6.45, 7) is 0. The molecule has 0 fully saturated rings. The number of aldehydes is 1. The van der Waals surface area contributed by atoms with Crippen molar-refractivity contribution in [2.24, 2.45) is 0 Å². The fourth-order valence-corrected chi connectivity index (χ4v) is 2.10. The topological polar surface area (TPSA) is 37.4 Å². The molecule has 1 atom stereocenters. The van der Waals surface area contributed by atoms with Crippen LogP contribution in [0.25, 0.3) is 0 Å². The molecule has 1 aliphatic rings. The third kappa shape index (κ3) is 1.54. The van der Waals surface area contributed by atoms with E-state index < -0.39 is 0 Å². The van der Waals surface area contributed by atoms with Crippen molar-refractivity contribution in [3.05, 3.63) is 35.4 Å². The van der Waals surface area contributed by atoms with Gasteiger partial charge in [0.25, 0.3) is 5.91 Å². The van der Waals surface area contributed by atoms with Gasteiger partial charge >= 0.3 is 0 Å². The quantitative estimate of drug-likeness (QED) is 0.702. The van der Waals surface area contributed by atoms with E-state index in [-0.39, 0.29) is 11.9 Å². The highest BCUT2D eigenvalue weighted by Gasteiger charge is 2.32. The van der Waals surface area contributed by atoms with Crippen LogP contribution in [-0.2, 0) is 4.79 Å². The minimum absolute atomic E-state index is 0.0569. The molecule has 1 aromatic rings. The van der Waals surface area contributed by atoms with Gasteiger partial charge in [0, 0.05) is 19.0 Å². The number of hydrogen-bond acceptors (Lipinski definition) is 2. The lowest BCUT2D eigenvalue weighted by atomic mass is 10.0. The maximum Gasteiger partial charge on any atom is 0.254 e. The van der Waals surface area contributed by atoms with Crippen LogP contribution in [0.3, 0.4) is 0 Å². The fraction of sp³-hybridized carbons (Fsp3) is 0.333. The van der Waals surface area contributed by atoms with Crippen molar-refractivity contribution in [1.29, 1.82) is 0 Å². The van der Waals surface area contributed by atoms with Gasteiger partial charge in [-0.25, -0.2) is 0 Å². The maximum absolute atomic E-state index is 11.8. The molecule has 0 N–H and O–H groups in total. The van der Waals surface area contributed by atoms with Gasteiger partial charge in [0.2, 0.25) is 0 Å². The molecule has 15 heavy (non-hydrogen) atoms. The molecule has 0 saturated heterocycles. The lowest BCUT2D eigenvalue weighted by molar-refractivity contribution is -0.108. The first-order chi connectivity index (χ1) is 7.25. The highest BCUT2D eigenvalue weighted by Crippen LogP contribution is 2.34. The predicted octanol–water partition coefficient (Wildman–Crippen LogP) is 1.79. The van der Waals surface area contributed by atoms with E-state index in [0.717, 1.165) is 17.4 Å². The lowest BCUT2D eigenvalue weighted by Gasteiger charge is -2.19. The molecule has 0 aromatic heterocycles. The second-order valence-corrected chi connectivity index (χ2v) is 3.76. The van der Waals surface area contributed by atoms with Crippen LogP contribution in [0.4, 0.5) is 0 Å². The Labute approximate surface area is 88.7 Å². The molecule has 1 heterocycles. The summed E-state index contributed by atoms with van der Waals surface area (Å²) in [6.07, 6.45) is 2.11. The van der Waals surface area contributed by atoms with Gasteiger partial charge in [-0.1, -0.05) is 18.2 Å². The predicted molar refractivity (Wildman–Crippen MR) is 56.6 cm³/mol. The van der Waals surface area contributed by atoms with Crippen molar-refractivity contribution in [2.75, 3.05) is 7.05 Å². The standard InChI is InChI=1S/C12H13NO2/c1-13-11(7-4-8-14)9-5-2-3-6-10(9)12(13)15/h2-3,5-6,8,11H,4,7H2,1H3/t11-/m1/s1. The van der Waals surface area contributed by atoms with Crippen LogP contribution in [-0.4, -0.2) is 24.1 Å². The van der Waals surface area contributed by atoms with E-state index in [1.54, 1.807) is 11.9 Å². The number of nitrogens with zero attached hydrogens (tertiary/aromatic N) is 1. The van der Waals surface area contributed by atoms with Gasteiger partial charge in [0.1, 0.15) is 6.29 Å². The van der Waals surface area contributed by atoms with Crippen LogP contribution in [0.1, 0.15) is 34.8 Å². The zero-order chi connectivity index (χ0) is 10.8. The minimum atomic E-state index is 0.0569. The van der Waals surface area contributed by atoms with Crippen molar-refractivity contribution in [1.82, 2.24) is 4.90 Å². The van der Waals surface area contributed by atoms with E-state index in [1.165, 1.54) is 0 Å². The van der Waals surface area contributed by atoms with Gasteiger partial charge in [0.15, 0.2) is 0 Å². The summed E-state index contributed by atoms with van der Waals surface area (Å²) in [6, 6.07) is 7.67. The molecule has 3 heteroatoms.